The molecule has 3 N–H and O–H groups in total. The molecule has 0 saturated carbocycles. The molecule has 0 aliphatic carbocycles. The van der Waals surface area contributed by atoms with Gasteiger partial charge in [0.25, 0.3) is 0 Å². The number of hydrogen-bond donors (Lipinski definition) is 2. The molecule has 1 aromatic heterocycles. The van der Waals surface area contributed by atoms with E-state index in [1.54, 1.807) is 0 Å². The number of rotatable bonds is 3. The number of hydrazine groups is 1. The number of nitrogens with two attached hydrogens (primary N) is 1. The molecular weight excluding hydrogens is 198 g/mol. The van der Waals surface area contributed by atoms with Gasteiger partial charge in [-0.1, -0.05) is 34.6 Å². The number of pyridine rings is 1. The molecule has 0 spiro atoms. The Hall–Kier alpha value is -1.09. The maximum atomic E-state index is 5.54. The standard InChI is InChI=1S/C13H23N3/c1-6-9(2)11-10(13(3,4)5)7-8-15-12(11)16-14/h7-9H,6,14H2,1-5H3,(H,15,16). The van der Waals surface area contributed by atoms with Gasteiger partial charge in [-0.25, -0.2) is 10.8 Å². The molecule has 1 atom stereocenters. The highest BCUT2D eigenvalue weighted by Crippen LogP contribution is 2.35. The van der Waals surface area contributed by atoms with Gasteiger partial charge in [0.1, 0.15) is 5.82 Å². The molecule has 0 bridgehead atoms. The summed E-state index contributed by atoms with van der Waals surface area (Å²) >= 11 is 0. The van der Waals surface area contributed by atoms with E-state index in [1.165, 1.54) is 11.1 Å². The molecular formula is C13H23N3. The number of hydrogen-bond acceptors (Lipinski definition) is 3. The van der Waals surface area contributed by atoms with Gasteiger partial charge >= 0.3 is 0 Å². The molecule has 0 radical (unpaired) electrons. The van der Waals surface area contributed by atoms with Crippen molar-refractivity contribution < 1.29 is 0 Å². The third-order valence-corrected chi connectivity index (χ3v) is 3.04. The van der Waals surface area contributed by atoms with Crippen LogP contribution in [0.1, 0.15) is 58.1 Å². The van der Waals surface area contributed by atoms with E-state index in [0.29, 0.717) is 5.92 Å². The number of aromatic nitrogens is 1. The minimum Gasteiger partial charge on any atom is -0.308 e. The maximum absolute atomic E-state index is 5.54. The minimum absolute atomic E-state index is 0.118. The molecule has 1 aromatic rings. The molecule has 0 aliphatic heterocycles. The van der Waals surface area contributed by atoms with Crippen LogP contribution in [0.4, 0.5) is 5.82 Å². The normalized spacial score (nSPS) is 13.6. The number of nitrogens with zero attached hydrogens (tertiary/aromatic N) is 1. The van der Waals surface area contributed by atoms with Crippen molar-refractivity contribution in [3.8, 4) is 0 Å². The first-order chi connectivity index (χ1) is 7.41. The smallest absolute Gasteiger partial charge is 0.143 e. The molecule has 3 nitrogen and oxygen atoms in total. The second kappa shape index (κ2) is 4.83. The number of nitrogen functional groups attached to an aromatic ring is 1. The van der Waals surface area contributed by atoms with Crippen LogP contribution < -0.4 is 11.3 Å². The Morgan fingerprint density at radius 1 is 1.44 bits per heavy atom. The summed E-state index contributed by atoms with van der Waals surface area (Å²) in [4.78, 5) is 4.30. The predicted octanol–water partition coefficient (Wildman–Crippen LogP) is 3.18. The van der Waals surface area contributed by atoms with Crippen LogP contribution in [0.15, 0.2) is 12.3 Å². The molecule has 0 aromatic carbocycles. The van der Waals surface area contributed by atoms with Crippen molar-refractivity contribution in [2.45, 2.75) is 52.4 Å². The lowest BCUT2D eigenvalue weighted by Gasteiger charge is -2.26. The highest BCUT2D eigenvalue weighted by molar-refractivity contribution is 5.51. The third-order valence-electron chi connectivity index (χ3n) is 3.04. The van der Waals surface area contributed by atoms with E-state index >= 15 is 0 Å². The Bertz CT molecular complexity index is 353. The van der Waals surface area contributed by atoms with E-state index in [9.17, 15) is 0 Å². The average Bonchev–Trinajstić information content (AvgIpc) is 2.25. The zero-order chi connectivity index (χ0) is 12.3. The van der Waals surface area contributed by atoms with Crippen LogP contribution >= 0.6 is 0 Å². The van der Waals surface area contributed by atoms with E-state index in [1.807, 2.05) is 6.20 Å². The highest BCUT2D eigenvalue weighted by atomic mass is 15.2. The first kappa shape index (κ1) is 13.0. The van der Waals surface area contributed by atoms with Gasteiger partial charge < -0.3 is 5.43 Å². The van der Waals surface area contributed by atoms with Crippen molar-refractivity contribution in [3.63, 3.8) is 0 Å². The largest absolute Gasteiger partial charge is 0.308 e. The van der Waals surface area contributed by atoms with E-state index in [-0.39, 0.29) is 5.41 Å². The summed E-state index contributed by atoms with van der Waals surface area (Å²) in [7, 11) is 0. The quantitative estimate of drug-likeness (QED) is 0.609. The molecule has 0 amide bonds. The Morgan fingerprint density at radius 3 is 2.50 bits per heavy atom. The molecule has 16 heavy (non-hydrogen) atoms. The molecule has 90 valence electrons. The van der Waals surface area contributed by atoms with Gasteiger partial charge in [-0.3, -0.25) is 0 Å². The van der Waals surface area contributed by atoms with Crippen LogP contribution in [0.5, 0.6) is 0 Å². The summed E-state index contributed by atoms with van der Waals surface area (Å²) in [6, 6.07) is 2.10. The Balaban J connectivity index is 3.38. The first-order valence-corrected chi connectivity index (χ1v) is 5.87. The summed E-state index contributed by atoms with van der Waals surface area (Å²) in [6.45, 7) is 11.1. The van der Waals surface area contributed by atoms with Crippen LogP contribution in [0, 0.1) is 0 Å². The first-order valence-electron chi connectivity index (χ1n) is 5.87. The highest BCUT2D eigenvalue weighted by Gasteiger charge is 2.23. The second-order valence-electron chi connectivity index (χ2n) is 5.32. The van der Waals surface area contributed by atoms with E-state index in [2.05, 4.69) is 51.1 Å². The van der Waals surface area contributed by atoms with Crippen molar-refractivity contribution in [1.82, 2.24) is 4.98 Å². The van der Waals surface area contributed by atoms with E-state index < -0.39 is 0 Å². The van der Waals surface area contributed by atoms with Crippen LogP contribution in [0.2, 0.25) is 0 Å². The maximum Gasteiger partial charge on any atom is 0.143 e. The fraction of sp³-hybridized carbons (Fsp3) is 0.615. The Morgan fingerprint density at radius 2 is 2.06 bits per heavy atom. The van der Waals surface area contributed by atoms with Crippen LogP contribution in [0.3, 0.4) is 0 Å². The van der Waals surface area contributed by atoms with Crippen molar-refractivity contribution in [2.75, 3.05) is 5.43 Å². The molecule has 0 aliphatic rings. The van der Waals surface area contributed by atoms with E-state index in [4.69, 9.17) is 5.84 Å². The predicted molar refractivity (Wildman–Crippen MR) is 69.5 cm³/mol. The van der Waals surface area contributed by atoms with Crippen molar-refractivity contribution >= 4 is 5.82 Å². The van der Waals surface area contributed by atoms with Gasteiger partial charge in [-0.2, -0.15) is 0 Å². The molecule has 1 heterocycles. The third kappa shape index (κ3) is 2.53. The lowest BCUT2D eigenvalue weighted by Crippen LogP contribution is -2.20. The van der Waals surface area contributed by atoms with Gasteiger partial charge in [0, 0.05) is 11.8 Å². The van der Waals surface area contributed by atoms with Crippen LogP contribution in [-0.2, 0) is 5.41 Å². The van der Waals surface area contributed by atoms with Gasteiger partial charge in [-0.15, -0.1) is 0 Å². The number of nitrogens with one attached hydrogen (secondary N) is 1. The summed E-state index contributed by atoms with van der Waals surface area (Å²) in [6.07, 6.45) is 2.91. The Kier molecular flexibility index (Phi) is 3.92. The lowest BCUT2D eigenvalue weighted by atomic mass is 9.80. The molecule has 3 heteroatoms. The van der Waals surface area contributed by atoms with Gasteiger partial charge in [0.05, 0.1) is 0 Å². The summed E-state index contributed by atoms with van der Waals surface area (Å²) in [5, 5.41) is 0. The lowest BCUT2D eigenvalue weighted by molar-refractivity contribution is 0.569. The van der Waals surface area contributed by atoms with Gasteiger partial charge in [0.15, 0.2) is 0 Å². The van der Waals surface area contributed by atoms with Crippen LogP contribution in [-0.4, -0.2) is 4.98 Å². The zero-order valence-corrected chi connectivity index (χ0v) is 11.0. The summed E-state index contributed by atoms with van der Waals surface area (Å²) in [5.74, 6) is 6.82. The van der Waals surface area contributed by atoms with Crippen molar-refractivity contribution in [3.05, 3.63) is 23.4 Å². The van der Waals surface area contributed by atoms with Gasteiger partial charge in [-0.05, 0) is 29.4 Å². The molecule has 1 unspecified atom stereocenters. The minimum atomic E-state index is 0.118. The van der Waals surface area contributed by atoms with Crippen LogP contribution in [0.25, 0.3) is 0 Å². The fourth-order valence-electron chi connectivity index (χ4n) is 1.95. The van der Waals surface area contributed by atoms with Gasteiger partial charge in [0.2, 0.25) is 0 Å². The molecule has 1 rings (SSSR count). The molecule has 0 fully saturated rings. The molecule has 0 saturated heterocycles. The monoisotopic (exact) mass is 221 g/mol. The SMILES string of the molecule is CCC(C)c1c(C(C)(C)C)ccnc1NN. The van der Waals surface area contributed by atoms with E-state index in [0.717, 1.165) is 12.2 Å². The summed E-state index contributed by atoms with van der Waals surface area (Å²) in [5.41, 5.74) is 5.40. The van der Waals surface area contributed by atoms with Crippen molar-refractivity contribution in [1.29, 1.82) is 0 Å². The second-order valence-corrected chi connectivity index (χ2v) is 5.32. The Labute approximate surface area is 98.4 Å². The fourth-order valence-corrected chi connectivity index (χ4v) is 1.95. The number of anilines is 1. The van der Waals surface area contributed by atoms with Crippen molar-refractivity contribution in [2.24, 2.45) is 5.84 Å². The summed E-state index contributed by atoms with van der Waals surface area (Å²) < 4.78 is 0. The zero-order valence-electron chi connectivity index (χ0n) is 11.0. The average molecular weight is 221 g/mol. The topological polar surface area (TPSA) is 50.9 Å².